The lowest BCUT2D eigenvalue weighted by Gasteiger charge is -2.22. The van der Waals surface area contributed by atoms with Gasteiger partial charge in [-0.1, -0.05) is 59.6 Å². The van der Waals surface area contributed by atoms with E-state index >= 15 is 0 Å². The average molecular weight is 1210 g/mol. The number of urea groups is 1. The van der Waals surface area contributed by atoms with E-state index in [-0.39, 0.29) is 101 Å². The van der Waals surface area contributed by atoms with Crippen LogP contribution in [0.4, 0.5) is 30.9 Å². The zero-order chi connectivity index (χ0) is 61.6. The zero-order valence-electron chi connectivity index (χ0n) is 45.2. The summed E-state index contributed by atoms with van der Waals surface area (Å²) in [6.45, 7) is -1.23. The van der Waals surface area contributed by atoms with E-state index < -0.39 is 53.1 Å². The Bertz CT molecular complexity index is 3950. The van der Waals surface area contributed by atoms with Crippen LogP contribution in [0.2, 0.25) is 10.0 Å². The van der Waals surface area contributed by atoms with Crippen molar-refractivity contribution in [2.45, 2.75) is 63.9 Å². The number of halogens is 4. The van der Waals surface area contributed by atoms with Crippen LogP contribution in [0.25, 0.3) is 32.2 Å². The molecule has 442 valence electrons. The number of nitrogen functional groups attached to an aromatic ring is 1. The summed E-state index contributed by atoms with van der Waals surface area (Å²) in [5.74, 6) is -4.62. The minimum atomic E-state index is -0.878. The van der Waals surface area contributed by atoms with Crippen LogP contribution in [-0.2, 0) is 45.4 Å². The van der Waals surface area contributed by atoms with E-state index in [9.17, 15) is 47.1 Å². The summed E-state index contributed by atoms with van der Waals surface area (Å²) >= 11 is 11.6. The van der Waals surface area contributed by atoms with Crippen molar-refractivity contribution in [1.29, 1.82) is 0 Å². The largest absolute Gasteiger partial charge is 0.384 e. The fraction of sp³-hybridized carbons (Fsp3) is 0.214. The number of primary amides is 2. The molecule has 0 saturated heterocycles. The van der Waals surface area contributed by atoms with Gasteiger partial charge in [-0.15, -0.1) is 0 Å². The van der Waals surface area contributed by atoms with Gasteiger partial charge in [0.15, 0.2) is 11.4 Å². The number of fused-ring (bicyclic) bond motifs is 2. The molecule has 2 saturated carbocycles. The third-order valence-corrected chi connectivity index (χ3v) is 13.6. The minimum absolute atomic E-state index is 0.0195. The molecular formula is C56H52Cl2F2N18O8. The van der Waals surface area contributed by atoms with Crippen molar-refractivity contribution in [2.24, 2.45) is 16.6 Å². The molecule has 2 aliphatic carbocycles. The highest BCUT2D eigenvalue weighted by molar-refractivity contribution is 6.31. The van der Waals surface area contributed by atoms with Crippen molar-refractivity contribution in [3.63, 3.8) is 0 Å². The molecule has 0 bridgehead atoms. The smallest absolute Gasteiger partial charge is 0.324 e. The molecule has 2 aliphatic rings. The maximum absolute atomic E-state index is 14.2. The number of anilines is 3. The molecule has 0 spiro atoms. The number of hydrogen-bond acceptors (Lipinski definition) is 13. The number of carbonyl (C=O) groups is 8. The van der Waals surface area contributed by atoms with Gasteiger partial charge in [0.1, 0.15) is 36.4 Å². The van der Waals surface area contributed by atoms with Gasteiger partial charge in [-0.3, -0.25) is 48.2 Å². The maximum Gasteiger partial charge on any atom is 0.324 e. The molecule has 9 amide bonds. The standard InChI is InChI=1S/C28H26ClFN8O4.C23H20ClFN8O4.C5H6N2/c29-20-5-3-4-16(25(20)30)13-33-23(39)14-37(18-8-9-18)24(40)15-38-21-10-7-17(12-19(21)26(36-38)27(31)41)34-28(42)35-22-6-1-2-11-32-22;24-16-3-1-2-13(20(16)25)9-28-18(34)10-32(14-5-6-14)19(35)11-33-17-7-4-12(23(37)29-31-27)8-15(17)21(30-33)22(26)36;6-5-3-1-2-4-7-5/h1-7,10-12,18H,8-9,13-15H2,(H2,31,41)(H,33,39)(H2,32,34,35,42);1-4,7-8,14H,5-6,9-11H2,(H2,26,36)(H,28,34);1-4H,(H2,6,7). The molecule has 86 heavy (non-hydrogen) atoms. The molecular weight excluding hydrogens is 1160 g/mol. The fourth-order valence-corrected chi connectivity index (χ4v) is 8.98. The summed E-state index contributed by atoms with van der Waals surface area (Å²) in [4.78, 5) is 113. The number of pyridine rings is 2. The Morgan fingerprint density at radius 1 is 0.640 bits per heavy atom. The second-order valence-electron chi connectivity index (χ2n) is 19.2. The predicted molar refractivity (Wildman–Crippen MR) is 311 cm³/mol. The summed E-state index contributed by atoms with van der Waals surface area (Å²) in [6.07, 6.45) is 6.12. The van der Waals surface area contributed by atoms with Gasteiger partial charge in [-0.2, -0.15) is 10.2 Å². The highest BCUT2D eigenvalue weighted by atomic mass is 35.5. The zero-order valence-corrected chi connectivity index (χ0v) is 46.7. The first-order valence-corrected chi connectivity index (χ1v) is 26.9. The molecule has 0 atom stereocenters. The molecule has 4 aromatic heterocycles. The number of carbonyl (C=O) groups excluding carboxylic acids is 8. The first-order chi connectivity index (χ1) is 41.3. The van der Waals surface area contributed by atoms with Gasteiger partial charge in [0.05, 0.1) is 34.2 Å². The average Bonchev–Trinajstić information content (AvgIpc) is 4.40. The van der Waals surface area contributed by atoms with Crippen LogP contribution in [0.1, 0.15) is 68.1 Å². The third kappa shape index (κ3) is 16.2. The highest BCUT2D eigenvalue weighted by Gasteiger charge is 2.36. The van der Waals surface area contributed by atoms with Crippen LogP contribution in [0.3, 0.4) is 0 Å². The molecule has 0 aliphatic heterocycles. The van der Waals surface area contributed by atoms with Gasteiger partial charge in [-0.25, -0.2) is 23.5 Å². The van der Waals surface area contributed by atoms with Gasteiger partial charge in [-0.05, 0) is 109 Å². The van der Waals surface area contributed by atoms with Crippen LogP contribution in [0, 0.1) is 11.6 Å². The Balaban J connectivity index is 0.000000202. The van der Waals surface area contributed by atoms with Crippen molar-refractivity contribution < 1.29 is 47.1 Å². The third-order valence-electron chi connectivity index (χ3n) is 13.0. The van der Waals surface area contributed by atoms with Crippen LogP contribution in [-0.4, -0.2) is 112 Å². The normalized spacial score (nSPS) is 12.2. The van der Waals surface area contributed by atoms with Gasteiger partial charge < -0.3 is 43.0 Å². The number of amides is 9. The number of aromatic nitrogens is 6. The van der Waals surface area contributed by atoms with Crippen LogP contribution in [0.15, 0.2) is 127 Å². The number of nitrogens with zero attached hydrogens (tertiary/aromatic N) is 11. The lowest BCUT2D eigenvalue weighted by Crippen LogP contribution is -2.43. The van der Waals surface area contributed by atoms with Crippen molar-refractivity contribution in [3.8, 4) is 0 Å². The van der Waals surface area contributed by atoms with Crippen molar-refractivity contribution in [1.82, 2.24) is 50.0 Å². The Morgan fingerprint density at radius 2 is 1.14 bits per heavy atom. The lowest BCUT2D eigenvalue weighted by atomic mass is 10.1. The fourth-order valence-electron chi connectivity index (χ4n) is 8.59. The molecule has 8 aromatic rings. The molecule has 10 N–H and O–H groups in total. The Morgan fingerprint density at radius 3 is 1.58 bits per heavy atom. The molecule has 4 heterocycles. The van der Waals surface area contributed by atoms with E-state index in [1.807, 2.05) is 12.1 Å². The summed E-state index contributed by atoms with van der Waals surface area (Å²) in [5, 5.41) is 22.3. The van der Waals surface area contributed by atoms with E-state index in [2.05, 4.69) is 51.5 Å². The Labute approximate surface area is 496 Å². The minimum Gasteiger partial charge on any atom is -0.384 e. The number of benzene rings is 4. The van der Waals surface area contributed by atoms with Crippen LogP contribution < -0.4 is 38.5 Å². The number of azide groups is 1. The first-order valence-electron chi connectivity index (χ1n) is 26.1. The summed E-state index contributed by atoms with van der Waals surface area (Å²) in [5.41, 5.74) is 26.1. The van der Waals surface area contributed by atoms with E-state index in [1.54, 1.807) is 54.7 Å². The SMILES string of the molecule is NC(=O)c1nn(CC(=O)N(CC(=O)NCc2cccc(Cl)c2F)C2CC2)c2ccc(NC(=O)Nc3ccccn3)cc12.Nc1ccccn1.[N-]=[N+]=NC(=O)c1ccc2c(c1)c(C(N)=O)nn2CC(=O)N(CC(=O)NCc1cccc(Cl)c1F)C1CC1. The second-order valence-corrected chi connectivity index (χ2v) is 20.0. The first kappa shape index (κ1) is 61.5. The van der Waals surface area contributed by atoms with Gasteiger partial charge in [0, 0.05) is 75.6 Å². The monoisotopic (exact) mass is 1210 g/mol. The number of nitrogens with two attached hydrogens (primary N) is 3. The molecule has 4 aromatic carbocycles. The topological polar surface area (TPSA) is 379 Å². The van der Waals surface area contributed by atoms with Crippen LogP contribution >= 0.6 is 23.2 Å². The Hall–Kier alpha value is -10.6. The van der Waals surface area contributed by atoms with Crippen molar-refractivity contribution >= 4 is 110 Å². The quantitative estimate of drug-likeness (QED) is 0.0254. The molecule has 2 fully saturated rings. The second kappa shape index (κ2) is 28.1. The van der Waals surface area contributed by atoms with Crippen LogP contribution in [0.5, 0.6) is 0 Å². The lowest BCUT2D eigenvalue weighted by molar-refractivity contribution is -0.137. The van der Waals surface area contributed by atoms with E-state index in [0.717, 1.165) is 25.7 Å². The molecule has 0 unspecified atom stereocenters. The van der Waals surface area contributed by atoms with E-state index in [4.69, 9.17) is 45.9 Å². The molecule has 10 rings (SSSR count). The number of nitrogens with one attached hydrogen (secondary N) is 4. The molecule has 30 heteroatoms. The summed E-state index contributed by atoms with van der Waals surface area (Å²) in [7, 11) is 0. The van der Waals surface area contributed by atoms with E-state index in [0.29, 0.717) is 33.7 Å². The molecule has 26 nitrogen and oxygen atoms in total. The van der Waals surface area contributed by atoms with Crippen molar-refractivity contribution in [2.75, 3.05) is 29.5 Å². The highest BCUT2D eigenvalue weighted by Crippen LogP contribution is 2.30. The summed E-state index contributed by atoms with van der Waals surface area (Å²) in [6, 6.07) is 27.5. The van der Waals surface area contributed by atoms with E-state index in [1.165, 1.54) is 73.9 Å². The van der Waals surface area contributed by atoms with Crippen molar-refractivity contribution in [3.05, 3.63) is 182 Å². The molecule has 0 radical (unpaired) electrons. The van der Waals surface area contributed by atoms with Gasteiger partial charge >= 0.3 is 6.03 Å². The Kier molecular flexibility index (Phi) is 20.1. The van der Waals surface area contributed by atoms with Gasteiger partial charge in [0.2, 0.25) is 29.5 Å². The maximum atomic E-state index is 14.2. The summed E-state index contributed by atoms with van der Waals surface area (Å²) < 4.78 is 30.9. The number of rotatable bonds is 19. The predicted octanol–water partition coefficient (Wildman–Crippen LogP) is 6.62. The number of hydrogen-bond donors (Lipinski definition) is 7. The van der Waals surface area contributed by atoms with Gasteiger partial charge in [0.25, 0.3) is 11.8 Å².